The summed E-state index contributed by atoms with van der Waals surface area (Å²) in [7, 11) is 0. The summed E-state index contributed by atoms with van der Waals surface area (Å²) < 4.78 is 0. The average Bonchev–Trinajstić information content (AvgIpc) is 3.15. The summed E-state index contributed by atoms with van der Waals surface area (Å²) in [5.41, 5.74) is 2.09. The van der Waals surface area contributed by atoms with E-state index in [9.17, 15) is 0 Å². The van der Waals surface area contributed by atoms with Crippen molar-refractivity contribution in [1.29, 1.82) is 0 Å². The molecule has 0 amide bonds. The second-order valence-electron chi connectivity index (χ2n) is 8.14. The van der Waals surface area contributed by atoms with Crippen LogP contribution in [-0.2, 0) is 0 Å². The summed E-state index contributed by atoms with van der Waals surface area (Å²) in [4.78, 5) is 0. The van der Waals surface area contributed by atoms with E-state index in [1.807, 2.05) is 0 Å². The van der Waals surface area contributed by atoms with Crippen LogP contribution in [0.1, 0.15) is 64.9 Å². The molecule has 2 heteroatoms. The molecule has 116 valence electrons. The lowest BCUT2D eigenvalue weighted by Gasteiger charge is -2.52. The summed E-state index contributed by atoms with van der Waals surface area (Å²) in [6, 6.07) is 12.4. The smallest absolute Gasteiger partial charge is 0.0213 e. The molecule has 2 saturated carbocycles. The minimum Gasteiger partial charge on any atom is -0.310 e. The fourth-order valence-corrected chi connectivity index (χ4v) is 4.03. The molecule has 0 saturated heterocycles. The molecule has 2 N–H and O–H groups in total. The maximum Gasteiger partial charge on any atom is 0.0213 e. The van der Waals surface area contributed by atoms with Crippen LogP contribution in [0.15, 0.2) is 30.3 Å². The van der Waals surface area contributed by atoms with Gasteiger partial charge in [0.2, 0.25) is 0 Å². The molecule has 2 aliphatic carbocycles. The lowest BCUT2D eigenvalue weighted by Crippen LogP contribution is -2.65. The fraction of sp³-hybridized carbons (Fsp3) is 0.684. The molecule has 21 heavy (non-hydrogen) atoms. The van der Waals surface area contributed by atoms with Crippen molar-refractivity contribution in [3.63, 3.8) is 0 Å². The molecule has 2 fully saturated rings. The zero-order valence-electron chi connectivity index (χ0n) is 13.9. The first-order chi connectivity index (χ1) is 9.91. The monoisotopic (exact) mass is 286 g/mol. The van der Waals surface area contributed by atoms with Crippen molar-refractivity contribution in [3.8, 4) is 0 Å². The van der Waals surface area contributed by atoms with Gasteiger partial charge in [-0.2, -0.15) is 0 Å². The first kappa shape index (κ1) is 15.1. The molecule has 2 nitrogen and oxygen atoms in total. The van der Waals surface area contributed by atoms with Crippen molar-refractivity contribution in [2.24, 2.45) is 0 Å². The molecule has 2 unspecified atom stereocenters. The molecule has 0 spiro atoms. The predicted octanol–water partition coefficient (Wildman–Crippen LogP) is 3.83. The van der Waals surface area contributed by atoms with Crippen LogP contribution >= 0.6 is 0 Å². The summed E-state index contributed by atoms with van der Waals surface area (Å²) >= 11 is 0. The lowest BCUT2D eigenvalue weighted by molar-refractivity contribution is 0.0918. The standard InChI is InChI=1S/C19H30N2/c1-5-19(21-18(2,3)4)12-15(13-19)20-17-11-16(17)14-9-7-6-8-10-14/h6-10,15-17,20-21H,5,11-13H2,1-4H3. The third-order valence-electron chi connectivity index (χ3n) is 5.06. The van der Waals surface area contributed by atoms with Gasteiger partial charge in [-0.15, -0.1) is 0 Å². The van der Waals surface area contributed by atoms with Crippen molar-refractivity contribution >= 4 is 0 Å². The van der Waals surface area contributed by atoms with E-state index in [4.69, 9.17) is 0 Å². The van der Waals surface area contributed by atoms with Gasteiger partial charge < -0.3 is 10.6 Å². The summed E-state index contributed by atoms with van der Waals surface area (Å²) in [5, 5.41) is 7.72. The molecule has 1 aromatic rings. The highest BCUT2D eigenvalue weighted by molar-refractivity contribution is 5.28. The van der Waals surface area contributed by atoms with Crippen molar-refractivity contribution < 1.29 is 0 Å². The van der Waals surface area contributed by atoms with Crippen molar-refractivity contribution in [3.05, 3.63) is 35.9 Å². The number of hydrogen-bond donors (Lipinski definition) is 2. The molecule has 2 aliphatic rings. The Morgan fingerprint density at radius 1 is 1.14 bits per heavy atom. The molecule has 0 radical (unpaired) electrons. The van der Waals surface area contributed by atoms with Crippen molar-refractivity contribution in [2.45, 2.75) is 82.5 Å². The van der Waals surface area contributed by atoms with Gasteiger partial charge >= 0.3 is 0 Å². The Balaban J connectivity index is 1.48. The van der Waals surface area contributed by atoms with Gasteiger partial charge in [0, 0.05) is 29.1 Å². The zero-order chi connectivity index (χ0) is 15.1. The SMILES string of the molecule is CCC1(NC(C)(C)C)CC(NC2CC2c2ccccc2)C1. The number of rotatable bonds is 5. The van der Waals surface area contributed by atoms with Gasteiger partial charge in [-0.1, -0.05) is 37.3 Å². The van der Waals surface area contributed by atoms with Crippen LogP contribution in [0.3, 0.4) is 0 Å². The van der Waals surface area contributed by atoms with Crippen molar-refractivity contribution in [2.75, 3.05) is 0 Å². The van der Waals surface area contributed by atoms with E-state index >= 15 is 0 Å². The normalized spacial score (nSPS) is 35.3. The molecule has 0 bridgehead atoms. The second kappa shape index (κ2) is 5.40. The van der Waals surface area contributed by atoms with E-state index < -0.39 is 0 Å². The summed E-state index contributed by atoms with van der Waals surface area (Å²) in [5.74, 6) is 0.749. The first-order valence-electron chi connectivity index (χ1n) is 8.51. The fourth-order valence-electron chi connectivity index (χ4n) is 4.03. The van der Waals surface area contributed by atoms with E-state index in [0.29, 0.717) is 17.6 Å². The van der Waals surface area contributed by atoms with Gasteiger partial charge in [-0.25, -0.2) is 0 Å². The Labute approximate surface area is 129 Å². The zero-order valence-corrected chi connectivity index (χ0v) is 13.9. The number of benzene rings is 1. The molecule has 1 aromatic carbocycles. The average molecular weight is 286 g/mol. The minimum absolute atomic E-state index is 0.215. The van der Waals surface area contributed by atoms with Gasteiger partial charge in [0.25, 0.3) is 0 Å². The van der Waals surface area contributed by atoms with E-state index in [1.165, 1.54) is 31.2 Å². The highest BCUT2D eigenvalue weighted by Crippen LogP contribution is 2.44. The van der Waals surface area contributed by atoms with E-state index in [0.717, 1.165) is 5.92 Å². The Bertz CT molecular complexity index is 468. The highest BCUT2D eigenvalue weighted by atomic mass is 15.1. The topological polar surface area (TPSA) is 24.1 Å². The van der Waals surface area contributed by atoms with Crippen LogP contribution in [0, 0.1) is 0 Å². The van der Waals surface area contributed by atoms with E-state index in [2.05, 4.69) is 68.7 Å². The van der Waals surface area contributed by atoms with Gasteiger partial charge in [0.15, 0.2) is 0 Å². The van der Waals surface area contributed by atoms with Crippen LogP contribution in [0.5, 0.6) is 0 Å². The van der Waals surface area contributed by atoms with Gasteiger partial charge in [-0.3, -0.25) is 0 Å². The Kier molecular flexibility index (Phi) is 3.87. The summed E-state index contributed by atoms with van der Waals surface area (Å²) in [6.07, 6.45) is 5.10. The molecule has 0 aromatic heterocycles. The molecular formula is C19H30N2. The first-order valence-corrected chi connectivity index (χ1v) is 8.51. The molecule has 0 heterocycles. The second-order valence-corrected chi connectivity index (χ2v) is 8.14. The predicted molar refractivity (Wildman–Crippen MR) is 89.7 cm³/mol. The van der Waals surface area contributed by atoms with E-state index in [1.54, 1.807) is 0 Å². The van der Waals surface area contributed by atoms with Crippen LogP contribution in [0.25, 0.3) is 0 Å². The molecule has 3 rings (SSSR count). The minimum atomic E-state index is 0.215. The lowest BCUT2D eigenvalue weighted by atomic mass is 9.69. The molecular weight excluding hydrogens is 256 g/mol. The third kappa shape index (κ3) is 3.49. The van der Waals surface area contributed by atoms with Gasteiger partial charge in [-0.05, 0) is 52.0 Å². The summed E-state index contributed by atoms with van der Waals surface area (Å²) in [6.45, 7) is 9.14. The maximum atomic E-state index is 3.87. The van der Waals surface area contributed by atoms with Crippen molar-refractivity contribution in [1.82, 2.24) is 10.6 Å². The molecule has 2 atom stereocenters. The largest absolute Gasteiger partial charge is 0.310 e. The van der Waals surface area contributed by atoms with Crippen LogP contribution in [0.2, 0.25) is 0 Å². The van der Waals surface area contributed by atoms with Crippen LogP contribution in [-0.4, -0.2) is 23.2 Å². The van der Waals surface area contributed by atoms with E-state index in [-0.39, 0.29) is 5.54 Å². The highest BCUT2D eigenvalue weighted by Gasteiger charge is 2.48. The van der Waals surface area contributed by atoms with Crippen LogP contribution < -0.4 is 10.6 Å². The third-order valence-corrected chi connectivity index (χ3v) is 5.06. The Morgan fingerprint density at radius 2 is 1.81 bits per heavy atom. The Morgan fingerprint density at radius 3 is 2.38 bits per heavy atom. The Hall–Kier alpha value is -0.860. The number of nitrogens with one attached hydrogen (secondary N) is 2. The van der Waals surface area contributed by atoms with Crippen LogP contribution in [0.4, 0.5) is 0 Å². The number of hydrogen-bond acceptors (Lipinski definition) is 2. The van der Waals surface area contributed by atoms with Gasteiger partial charge in [0.05, 0.1) is 0 Å². The van der Waals surface area contributed by atoms with Gasteiger partial charge in [0.1, 0.15) is 0 Å². The maximum absolute atomic E-state index is 3.87. The quantitative estimate of drug-likeness (QED) is 0.859. The molecule has 0 aliphatic heterocycles.